The zero-order chi connectivity index (χ0) is 9.47. The third-order valence-electron chi connectivity index (χ3n) is 2.58. The molecular weight excluding hydrogens is 166 g/mol. The first-order valence-corrected chi connectivity index (χ1v) is 4.54. The van der Waals surface area contributed by atoms with Crippen LogP contribution in [0.4, 0.5) is 0 Å². The molecule has 0 spiro atoms. The first-order valence-electron chi connectivity index (χ1n) is 4.54. The van der Waals surface area contributed by atoms with E-state index >= 15 is 0 Å². The van der Waals surface area contributed by atoms with Gasteiger partial charge < -0.3 is 15.4 Å². The predicted molar refractivity (Wildman–Crippen MR) is 49.2 cm³/mol. The van der Waals surface area contributed by atoms with Crippen LogP contribution in [0, 0.1) is 0 Å². The molecule has 0 saturated carbocycles. The number of fused-ring (bicyclic) bond motifs is 1. The Morgan fingerprint density at radius 3 is 3.08 bits per heavy atom. The molecule has 0 aliphatic carbocycles. The fraction of sp³-hybridized carbons (Fsp3) is 0.667. The molecule has 0 radical (unpaired) electrons. The molecule has 0 aromatic carbocycles. The summed E-state index contributed by atoms with van der Waals surface area (Å²) in [6.07, 6.45) is 2.50. The van der Waals surface area contributed by atoms with Crippen molar-refractivity contribution < 1.29 is 5.11 Å². The highest BCUT2D eigenvalue weighted by molar-refractivity contribution is 5.17. The van der Waals surface area contributed by atoms with E-state index in [2.05, 4.69) is 15.3 Å². The van der Waals surface area contributed by atoms with Crippen LogP contribution < -0.4 is 5.32 Å². The van der Waals surface area contributed by atoms with Crippen LogP contribution in [0.5, 0.6) is 0 Å². The van der Waals surface area contributed by atoms with Gasteiger partial charge in [-0.25, -0.2) is 4.98 Å². The molecule has 0 fully saturated rings. The SMILES string of the molecule is CC(C)(O)C1Cc2nc[nH]c2CN1. The van der Waals surface area contributed by atoms with Gasteiger partial charge in [-0.05, 0) is 13.8 Å². The van der Waals surface area contributed by atoms with Gasteiger partial charge in [-0.15, -0.1) is 0 Å². The van der Waals surface area contributed by atoms with Gasteiger partial charge in [-0.3, -0.25) is 0 Å². The smallest absolute Gasteiger partial charge is 0.0925 e. The molecule has 0 saturated heterocycles. The lowest BCUT2D eigenvalue weighted by atomic mass is 9.91. The van der Waals surface area contributed by atoms with Gasteiger partial charge in [0.05, 0.1) is 23.3 Å². The molecule has 13 heavy (non-hydrogen) atoms. The summed E-state index contributed by atoms with van der Waals surface area (Å²) >= 11 is 0. The highest BCUT2D eigenvalue weighted by atomic mass is 16.3. The maximum Gasteiger partial charge on any atom is 0.0925 e. The van der Waals surface area contributed by atoms with Gasteiger partial charge in [-0.1, -0.05) is 0 Å². The largest absolute Gasteiger partial charge is 0.389 e. The van der Waals surface area contributed by atoms with Crippen molar-refractivity contribution in [1.82, 2.24) is 15.3 Å². The summed E-state index contributed by atoms with van der Waals surface area (Å²) in [6.45, 7) is 4.41. The molecule has 1 unspecified atom stereocenters. The molecule has 1 atom stereocenters. The molecule has 72 valence electrons. The van der Waals surface area contributed by atoms with Crippen LogP contribution in [0.3, 0.4) is 0 Å². The maximum atomic E-state index is 9.81. The third kappa shape index (κ3) is 1.59. The van der Waals surface area contributed by atoms with Crippen LogP contribution in [0.15, 0.2) is 6.33 Å². The molecule has 3 N–H and O–H groups in total. The van der Waals surface area contributed by atoms with Crippen LogP contribution in [0.25, 0.3) is 0 Å². The standard InChI is InChI=1S/C9H15N3O/c1-9(2,13)8-3-6-7(4-10-8)12-5-11-6/h5,8,10,13H,3-4H2,1-2H3,(H,11,12). The number of nitrogens with zero attached hydrogens (tertiary/aromatic N) is 1. The van der Waals surface area contributed by atoms with Gasteiger partial charge in [0.2, 0.25) is 0 Å². The summed E-state index contributed by atoms with van der Waals surface area (Å²) in [6, 6.07) is 0.100. The first kappa shape index (κ1) is 8.72. The third-order valence-corrected chi connectivity index (χ3v) is 2.58. The Morgan fingerprint density at radius 1 is 1.62 bits per heavy atom. The maximum absolute atomic E-state index is 9.81. The summed E-state index contributed by atoms with van der Waals surface area (Å²) in [4.78, 5) is 7.29. The lowest BCUT2D eigenvalue weighted by molar-refractivity contribution is 0.0340. The minimum atomic E-state index is -0.684. The first-order chi connectivity index (χ1) is 6.07. The topological polar surface area (TPSA) is 60.9 Å². The zero-order valence-corrected chi connectivity index (χ0v) is 7.96. The van der Waals surface area contributed by atoms with Gasteiger partial charge in [0.25, 0.3) is 0 Å². The number of H-pyrrole nitrogens is 1. The van der Waals surface area contributed by atoms with Crippen LogP contribution in [0.2, 0.25) is 0 Å². The van der Waals surface area contributed by atoms with Crippen molar-refractivity contribution in [2.45, 2.75) is 38.5 Å². The fourth-order valence-electron chi connectivity index (χ4n) is 1.67. The van der Waals surface area contributed by atoms with E-state index in [0.717, 1.165) is 24.4 Å². The Hall–Kier alpha value is -0.870. The van der Waals surface area contributed by atoms with Crippen molar-refractivity contribution in [1.29, 1.82) is 0 Å². The van der Waals surface area contributed by atoms with Crippen LogP contribution in [0.1, 0.15) is 25.2 Å². The molecule has 1 aliphatic rings. The van der Waals surface area contributed by atoms with Crippen LogP contribution >= 0.6 is 0 Å². The minimum absolute atomic E-state index is 0.100. The molecule has 0 amide bonds. The molecule has 0 bridgehead atoms. The van der Waals surface area contributed by atoms with Crippen LogP contribution in [-0.4, -0.2) is 26.7 Å². The van der Waals surface area contributed by atoms with Crippen molar-refractivity contribution in [2.24, 2.45) is 0 Å². The van der Waals surface area contributed by atoms with Gasteiger partial charge >= 0.3 is 0 Å². The monoisotopic (exact) mass is 181 g/mol. The van der Waals surface area contributed by atoms with E-state index in [1.807, 2.05) is 13.8 Å². The van der Waals surface area contributed by atoms with E-state index in [-0.39, 0.29) is 6.04 Å². The number of rotatable bonds is 1. The Kier molecular flexibility index (Phi) is 1.89. The molecule has 1 aromatic rings. The molecule has 1 aliphatic heterocycles. The Labute approximate surface area is 77.4 Å². The normalized spacial score (nSPS) is 22.8. The van der Waals surface area contributed by atoms with Crippen molar-refractivity contribution in [3.05, 3.63) is 17.7 Å². The zero-order valence-electron chi connectivity index (χ0n) is 7.96. The van der Waals surface area contributed by atoms with Crippen molar-refractivity contribution in [2.75, 3.05) is 0 Å². The van der Waals surface area contributed by atoms with E-state index in [1.165, 1.54) is 0 Å². The van der Waals surface area contributed by atoms with Crippen molar-refractivity contribution in [3.8, 4) is 0 Å². The van der Waals surface area contributed by atoms with Crippen molar-refractivity contribution in [3.63, 3.8) is 0 Å². The van der Waals surface area contributed by atoms with Crippen LogP contribution in [-0.2, 0) is 13.0 Å². The van der Waals surface area contributed by atoms with Gasteiger partial charge in [0.1, 0.15) is 0 Å². The number of aromatic amines is 1. The lowest BCUT2D eigenvalue weighted by Crippen LogP contribution is -2.50. The Bertz CT molecular complexity index is 300. The number of hydrogen-bond donors (Lipinski definition) is 3. The average Bonchev–Trinajstić information content (AvgIpc) is 2.47. The van der Waals surface area contributed by atoms with Crippen molar-refractivity contribution >= 4 is 0 Å². The van der Waals surface area contributed by atoms with Gasteiger partial charge in [0, 0.05) is 19.0 Å². The number of nitrogens with one attached hydrogen (secondary N) is 2. The fourth-order valence-corrected chi connectivity index (χ4v) is 1.67. The second-order valence-electron chi connectivity index (χ2n) is 4.12. The summed E-state index contributed by atoms with van der Waals surface area (Å²) in [5.41, 5.74) is 1.53. The summed E-state index contributed by atoms with van der Waals surface area (Å²) in [5.74, 6) is 0. The molecule has 1 aromatic heterocycles. The summed E-state index contributed by atoms with van der Waals surface area (Å²) < 4.78 is 0. The molecule has 4 heteroatoms. The van der Waals surface area contributed by atoms with E-state index in [0.29, 0.717) is 0 Å². The quantitative estimate of drug-likeness (QED) is 0.580. The van der Waals surface area contributed by atoms with E-state index < -0.39 is 5.60 Å². The average molecular weight is 181 g/mol. The number of imidazole rings is 1. The van der Waals surface area contributed by atoms with E-state index in [9.17, 15) is 5.11 Å². The lowest BCUT2D eigenvalue weighted by Gasteiger charge is -2.32. The Morgan fingerprint density at radius 2 is 2.38 bits per heavy atom. The number of aromatic nitrogens is 2. The second-order valence-corrected chi connectivity index (χ2v) is 4.12. The van der Waals surface area contributed by atoms with E-state index in [4.69, 9.17) is 0 Å². The summed E-state index contributed by atoms with van der Waals surface area (Å²) in [5, 5.41) is 13.1. The summed E-state index contributed by atoms with van der Waals surface area (Å²) in [7, 11) is 0. The molecule has 2 heterocycles. The van der Waals surface area contributed by atoms with E-state index in [1.54, 1.807) is 6.33 Å². The molecule has 4 nitrogen and oxygen atoms in total. The molecule has 2 rings (SSSR count). The number of aliphatic hydroxyl groups is 1. The highest BCUT2D eigenvalue weighted by Gasteiger charge is 2.30. The number of hydrogen-bond acceptors (Lipinski definition) is 3. The minimum Gasteiger partial charge on any atom is -0.389 e. The van der Waals surface area contributed by atoms with Gasteiger partial charge in [0.15, 0.2) is 0 Å². The molecular formula is C9H15N3O. The Balaban J connectivity index is 2.18. The second kappa shape index (κ2) is 2.82. The van der Waals surface area contributed by atoms with Gasteiger partial charge in [-0.2, -0.15) is 0 Å². The predicted octanol–water partition coefficient (Wildman–Crippen LogP) is 0.195. The highest BCUT2D eigenvalue weighted by Crippen LogP contribution is 2.19.